The quantitative estimate of drug-likeness (QED) is 0.804. The van der Waals surface area contributed by atoms with Gasteiger partial charge in [0.2, 0.25) is 0 Å². The van der Waals surface area contributed by atoms with E-state index in [2.05, 4.69) is 5.32 Å². The van der Waals surface area contributed by atoms with Crippen LogP contribution in [0.4, 0.5) is 4.79 Å². The average Bonchev–Trinajstić information content (AvgIpc) is 2.38. The molecule has 6 heteroatoms. The molecule has 0 atom stereocenters. The molecule has 19 heavy (non-hydrogen) atoms. The third kappa shape index (κ3) is 5.29. The number of likely N-dealkylation sites (N-methyl/N-ethyl adjacent to an activating group) is 1. The van der Waals surface area contributed by atoms with E-state index in [0.29, 0.717) is 13.0 Å². The van der Waals surface area contributed by atoms with Crippen LogP contribution in [-0.4, -0.2) is 49.3 Å². The Bertz CT molecular complexity index is 431. The first kappa shape index (κ1) is 14.8. The molecular formula is C13H18N2O4. The summed E-state index contributed by atoms with van der Waals surface area (Å²) >= 11 is 0. The summed E-state index contributed by atoms with van der Waals surface area (Å²) < 4.78 is 5.05. The van der Waals surface area contributed by atoms with Crippen molar-refractivity contribution in [3.63, 3.8) is 0 Å². The molecule has 0 saturated heterocycles. The summed E-state index contributed by atoms with van der Waals surface area (Å²) in [4.78, 5) is 23.1. The van der Waals surface area contributed by atoms with Gasteiger partial charge in [0, 0.05) is 13.6 Å². The van der Waals surface area contributed by atoms with Gasteiger partial charge in [0.25, 0.3) is 0 Å². The SMILES string of the molecule is COc1ccc(CCNC(=O)N(C)CC(=O)O)cc1. The lowest BCUT2D eigenvalue weighted by molar-refractivity contribution is -0.137. The highest BCUT2D eigenvalue weighted by atomic mass is 16.5. The molecule has 0 aliphatic carbocycles. The summed E-state index contributed by atoms with van der Waals surface area (Å²) in [5.74, 6) is -0.248. The molecule has 0 saturated carbocycles. The predicted molar refractivity (Wildman–Crippen MR) is 70.4 cm³/mol. The average molecular weight is 266 g/mol. The van der Waals surface area contributed by atoms with Crippen molar-refractivity contribution >= 4 is 12.0 Å². The van der Waals surface area contributed by atoms with Crippen molar-refractivity contribution in [1.82, 2.24) is 10.2 Å². The van der Waals surface area contributed by atoms with E-state index in [0.717, 1.165) is 16.2 Å². The summed E-state index contributed by atoms with van der Waals surface area (Å²) in [5, 5.41) is 11.2. The summed E-state index contributed by atoms with van der Waals surface area (Å²) in [6.45, 7) is 0.142. The van der Waals surface area contributed by atoms with Crippen molar-refractivity contribution in [2.24, 2.45) is 0 Å². The Kier molecular flexibility index (Phi) is 5.66. The number of rotatable bonds is 6. The number of methoxy groups -OCH3 is 1. The van der Waals surface area contributed by atoms with E-state index in [-0.39, 0.29) is 6.54 Å². The molecule has 2 N–H and O–H groups in total. The Morgan fingerprint density at radius 2 is 1.95 bits per heavy atom. The third-order valence-corrected chi connectivity index (χ3v) is 2.57. The molecule has 0 bridgehead atoms. The van der Waals surface area contributed by atoms with Crippen molar-refractivity contribution < 1.29 is 19.4 Å². The van der Waals surface area contributed by atoms with E-state index in [9.17, 15) is 9.59 Å². The van der Waals surface area contributed by atoms with Crippen LogP contribution in [0.15, 0.2) is 24.3 Å². The molecule has 1 rings (SSSR count). The van der Waals surface area contributed by atoms with Gasteiger partial charge in [-0.25, -0.2) is 4.79 Å². The minimum Gasteiger partial charge on any atom is -0.497 e. The highest BCUT2D eigenvalue weighted by Crippen LogP contribution is 2.11. The van der Waals surface area contributed by atoms with Gasteiger partial charge in [-0.15, -0.1) is 0 Å². The Hall–Kier alpha value is -2.24. The maximum absolute atomic E-state index is 11.5. The Morgan fingerprint density at radius 3 is 2.47 bits per heavy atom. The zero-order chi connectivity index (χ0) is 14.3. The number of urea groups is 1. The van der Waals surface area contributed by atoms with Crippen LogP contribution >= 0.6 is 0 Å². The first-order valence-electron chi connectivity index (χ1n) is 5.86. The molecule has 0 aromatic heterocycles. The van der Waals surface area contributed by atoms with Crippen molar-refractivity contribution in [3.8, 4) is 5.75 Å². The largest absolute Gasteiger partial charge is 0.497 e. The second kappa shape index (κ2) is 7.25. The number of benzene rings is 1. The summed E-state index contributed by atoms with van der Waals surface area (Å²) in [6.07, 6.45) is 0.677. The second-order valence-corrected chi connectivity index (χ2v) is 4.08. The van der Waals surface area contributed by atoms with E-state index in [1.807, 2.05) is 24.3 Å². The van der Waals surface area contributed by atoms with Gasteiger partial charge in [-0.2, -0.15) is 0 Å². The van der Waals surface area contributed by atoms with E-state index in [1.54, 1.807) is 7.11 Å². The molecule has 1 aromatic rings. The van der Waals surface area contributed by atoms with Crippen LogP contribution in [0.2, 0.25) is 0 Å². The van der Waals surface area contributed by atoms with Crippen LogP contribution in [0.3, 0.4) is 0 Å². The number of hydrogen-bond donors (Lipinski definition) is 2. The molecule has 2 amide bonds. The van der Waals surface area contributed by atoms with Crippen molar-refractivity contribution in [1.29, 1.82) is 0 Å². The fourth-order valence-corrected chi connectivity index (χ4v) is 1.52. The van der Waals surface area contributed by atoms with Gasteiger partial charge in [-0.1, -0.05) is 12.1 Å². The fraction of sp³-hybridized carbons (Fsp3) is 0.385. The Morgan fingerprint density at radius 1 is 1.32 bits per heavy atom. The van der Waals surface area contributed by atoms with Crippen molar-refractivity contribution in [2.75, 3.05) is 27.2 Å². The molecular weight excluding hydrogens is 248 g/mol. The van der Waals surface area contributed by atoms with Gasteiger partial charge in [0.05, 0.1) is 7.11 Å². The number of aliphatic carboxylic acids is 1. The van der Waals surface area contributed by atoms with Crippen LogP contribution in [0.5, 0.6) is 5.75 Å². The number of carbonyl (C=O) groups is 2. The molecule has 0 fully saturated rings. The van der Waals surface area contributed by atoms with Crippen LogP contribution in [0, 0.1) is 0 Å². The highest BCUT2D eigenvalue weighted by Gasteiger charge is 2.10. The molecule has 104 valence electrons. The Labute approximate surface area is 112 Å². The van der Waals surface area contributed by atoms with Gasteiger partial charge in [0.15, 0.2) is 0 Å². The standard InChI is InChI=1S/C13H18N2O4/c1-15(9-12(16)17)13(18)14-8-7-10-3-5-11(19-2)6-4-10/h3-6H,7-9H2,1-2H3,(H,14,18)(H,16,17). The lowest BCUT2D eigenvalue weighted by Crippen LogP contribution is -2.40. The van der Waals surface area contributed by atoms with Gasteiger partial charge in [-0.05, 0) is 24.1 Å². The first-order chi connectivity index (χ1) is 9.02. The monoisotopic (exact) mass is 266 g/mol. The maximum atomic E-state index is 11.5. The molecule has 6 nitrogen and oxygen atoms in total. The summed E-state index contributed by atoms with van der Waals surface area (Å²) in [5.41, 5.74) is 1.07. The molecule has 0 radical (unpaired) electrons. The van der Waals surface area contributed by atoms with Gasteiger partial charge >= 0.3 is 12.0 Å². The number of hydrogen-bond acceptors (Lipinski definition) is 3. The normalized spacial score (nSPS) is 9.79. The topological polar surface area (TPSA) is 78.9 Å². The molecule has 0 heterocycles. The van der Waals surface area contributed by atoms with E-state index in [4.69, 9.17) is 9.84 Å². The zero-order valence-electron chi connectivity index (χ0n) is 11.0. The first-order valence-corrected chi connectivity index (χ1v) is 5.86. The van der Waals surface area contributed by atoms with Crippen LogP contribution in [0.1, 0.15) is 5.56 Å². The summed E-state index contributed by atoms with van der Waals surface area (Å²) in [6, 6.07) is 7.16. The summed E-state index contributed by atoms with van der Waals surface area (Å²) in [7, 11) is 3.05. The minimum atomic E-state index is -1.03. The van der Waals surface area contributed by atoms with E-state index in [1.165, 1.54) is 7.05 Å². The molecule has 0 aliphatic rings. The van der Waals surface area contributed by atoms with Gasteiger partial charge < -0.3 is 20.1 Å². The number of carboxylic acid groups (broad SMARTS) is 1. The molecule has 1 aromatic carbocycles. The number of carboxylic acids is 1. The van der Waals surface area contributed by atoms with Crippen LogP contribution in [-0.2, 0) is 11.2 Å². The minimum absolute atomic E-state index is 0.311. The van der Waals surface area contributed by atoms with Gasteiger partial charge in [-0.3, -0.25) is 4.79 Å². The Balaban J connectivity index is 2.32. The number of amides is 2. The van der Waals surface area contributed by atoms with Crippen LogP contribution < -0.4 is 10.1 Å². The number of carbonyl (C=O) groups excluding carboxylic acids is 1. The number of nitrogens with one attached hydrogen (secondary N) is 1. The zero-order valence-corrected chi connectivity index (χ0v) is 11.0. The number of nitrogens with zero attached hydrogens (tertiary/aromatic N) is 1. The number of ether oxygens (including phenoxy) is 1. The second-order valence-electron chi connectivity index (χ2n) is 4.08. The smallest absolute Gasteiger partial charge is 0.323 e. The predicted octanol–water partition coefficient (Wildman–Crippen LogP) is 0.964. The molecule has 0 aliphatic heterocycles. The third-order valence-electron chi connectivity index (χ3n) is 2.57. The molecule has 0 unspecified atom stereocenters. The van der Waals surface area contributed by atoms with Crippen molar-refractivity contribution in [3.05, 3.63) is 29.8 Å². The fourth-order valence-electron chi connectivity index (χ4n) is 1.52. The van der Waals surface area contributed by atoms with E-state index < -0.39 is 12.0 Å². The van der Waals surface area contributed by atoms with Crippen molar-refractivity contribution in [2.45, 2.75) is 6.42 Å². The van der Waals surface area contributed by atoms with Gasteiger partial charge in [0.1, 0.15) is 12.3 Å². The lowest BCUT2D eigenvalue weighted by atomic mass is 10.1. The van der Waals surface area contributed by atoms with Crippen LogP contribution in [0.25, 0.3) is 0 Å². The lowest BCUT2D eigenvalue weighted by Gasteiger charge is -2.15. The van der Waals surface area contributed by atoms with E-state index >= 15 is 0 Å². The maximum Gasteiger partial charge on any atom is 0.323 e. The highest BCUT2D eigenvalue weighted by molar-refractivity contribution is 5.79. The molecule has 0 spiro atoms.